The second-order valence-electron chi connectivity index (χ2n) is 10.4. The maximum absolute atomic E-state index is 15.0. The van der Waals surface area contributed by atoms with E-state index in [1.807, 2.05) is 24.3 Å². The number of aryl methyl sites for hydroxylation is 1. The molecule has 202 valence electrons. The summed E-state index contributed by atoms with van der Waals surface area (Å²) in [6.45, 7) is 1.93. The summed E-state index contributed by atoms with van der Waals surface area (Å²) in [7, 11) is 0. The molecule has 5 rings (SSSR count). The molecule has 1 saturated heterocycles. The van der Waals surface area contributed by atoms with Gasteiger partial charge in [0.15, 0.2) is 0 Å². The molecule has 0 radical (unpaired) electrons. The minimum absolute atomic E-state index is 0.0424. The molecule has 3 aromatic rings. The van der Waals surface area contributed by atoms with Crippen LogP contribution in [0.1, 0.15) is 49.3 Å². The van der Waals surface area contributed by atoms with Crippen LogP contribution in [0.15, 0.2) is 60.7 Å². The van der Waals surface area contributed by atoms with Gasteiger partial charge in [-0.1, -0.05) is 48.0 Å². The maximum atomic E-state index is 15.0. The third-order valence-corrected chi connectivity index (χ3v) is 7.56. The predicted molar refractivity (Wildman–Crippen MR) is 145 cm³/mol. The Morgan fingerprint density at radius 1 is 1.05 bits per heavy atom. The van der Waals surface area contributed by atoms with Gasteiger partial charge < -0.3 is 20.1 Å². The zero-order valence-corrected chi connectivity index (χ0v) is 22.0. The quantitative estimate of drug-likeness (QED) is 0.316. The Morgan fingerprint density at radius 2 is 1.74 bits per heavy atom. The first-order chi connectivity index (χ1) is 18.3. The van der Waals surface area contributed by atoms with Crippen LogP contribution in [0.25, 0.3) is 10.8 Å². The summed E-state index contributed by atoms with van der Waals surface area (Å²) in [5.41, 5.74) is 1.27. The normalized spacial score (nSPS) is 17.9. The molecule has 0 aromatic heterocycles. The number of halogens is 3. The Hall–Kier alpha value is -2.74. The van der Waals surface area contributed by atoms with Crippen molar-refractivity contribution in [1.29, 1.82) is 0 Å². The average molecular weight is 543 g/mol. The van der Waals surface area contributed by atoms with Gasteiger partial charge in [-0.15, -0.1) is 0 Å². The van der Waals surface area contributed by atoms with Crippen LogP contribution < -0.4 is 10.1 Å². The van der Waals surface area contributed by atoms with Crippen molar-refractivity contribution < 1.29 is 23.4 Å². The number of hydrogen-bond acceptors (Lipinski definition) is 4. The van der Waals surface area contributed by atoms with Gasteiger partial charge in [0.05, 0.1) is 12.1 Å². The predicted octanol–water partition coefficient (Wildman–Crippen LogP) is 5.92. The van der Waals surface area contributed by atoms with Crippen LogP contribution in [0.2, 0.25) is 5.02 Å². The molecule has 2 atom stereocenters. The number of alkyl halides is 2. The third kappa shape index (κ3) is 6.82. The summed E-state index contributed by atoms with van der Waals surface area (Å²) in [5.74, 6) is -4.23. The lowest BCUT2D eigenvalue weighted by Gasteiger charge is -2.30. The number of ether oxygens (including phenoxy) is 1. The molecule has 3 aromatic carbocycles. The summed E-state index contributed by atoms with van der Waals surface area (Å²) in [6, 6.07) is 17.0. The van der Waals surface area contributed by atoms with E-state index in [-0.39, 0.29) is 12.5 Å². The van der Waals surface area contributed by atoms with Crippen molar-refractivity contribution in [1.82, 2.24) is 10.2 Å². The minimum atomic E-state index is -3.58. The van der Waals surface area contributed by atoms with E-state index in [0.717, 1.165) is 55.1 Å². The molecule has 8 heteroatoms. The summed E-state index contributed by atoms with van der Waals surface area (Å²) >= 11 is 6.03. The highest BCUT2D eigenvalue weighted by Gasteiger charge is 2.40. The van der Waals surface area contributed by atoms with Gasteiger partial charge >= 0.3 is 5.92 Å². The maximum Gasteiger partial charge on any atom is 0.324 e. The fourth-order valence-corrected chi connectivity index (χ4v) is 5.11. The number of fused-ring (bicyclic) bond motifs is 1. The number of amides is 1. The molecule has 0 unspecified atom stereocenters. The summed E-state index contributed by atoms with van der Waals surface area (Å²) in [6.07, 6.45) is 2.64. The SMILES string of the molecule is O=C(N[C@H](CN1CCCC1)[C@H](O)c1ccc(OC2CC2)cc1)C(F)(F)CCc1ccc2cc(Cl)ccc2c1. The lowest BCUT2D eigenvalue weighted by Crippen LogP contribution is -2.51. The van der Waals surface area contributed by atoms with E-state index < -0.39 is 30.4 Å². The number of aliphatic hydroxyl groups excluding tert-OH is 1. The van der Waals surface area contributed by atoms with Crippen molar-refractivity contribution in [3.05, 3.63) is 76.8 Å². The highest BCUT2D eigenvalue weighted by molar-refractivity contribution is 6.31. The third-order valence-electron chi connectivity index (χ3n) is 7.33. The number of hydrogen-bond donors (Lipinski definition) is 2. The molecule has 0 bridgehead atoms. The van der Waals surface area contributed by atoms with Crippen LogP contribution >= 0.6 is 11.6 Å². The van der Waals surface area contributed by atoms with E-state index in [1.165, 1.54) is 0 Å². The number of benzene rings is 3. The van der Waals surface area contributed by atoms with Crippen LogP contribution in [0, 0.1) is 0 Å². The van der Waals surface area contributed by atoms with E-state index in [1.54, 1.807) is 36.4 Å². The Morgan fingerprint density at radius 3 is 2.45 bits per heavy atom. The topological polar surface area (TPSA) is 61.8 Å². The lowest BCUT2D eigenvalue weighted by molar-refractivity contribution is -0.148. The van der Waals surface area contributed by atoms with Gasteiger partial charge in [-0.05, 0) is 91.4 Å². The van der Waals surface area contributed by atoms with Crippen LogP contribution in [0.4, 0.5) is 8.78 Å². The van der Waals surface area contributed by atoms with E-state index in [2.05, 4.69) is 10.2 Å². The lowest BCUT2D eigenvalue weighted by atomic mass is 9.99. The van der Waals surface area contributed by atoms with Crippen LogP contribution in [0.3, 0.4) is 0 Å². The van der Waals surface area contributed by atoms with Gasteiger partial charge in [0.2, 0.25) is 0 Å². The van der Waals surface area contributed by atoms with Crippen molar-refractivity contribution in [2.45, 2.75) is 62.7 Å². The smallest absolute Gasteiger partial charge is 0.324 e. The second-order valence-corrected chi connectivity index (χ2v) is 10.9. The first kappa shape index (κ1) is 26.9. The molecule has 0 spiro atoms. The van der Waals surface area contributed by atoms with Crippen molar-refractivity contribution in [2.24, 2.45) is 0 Å². The number of rotatable bonds is 11. The summed E-state index contributed by atoms with van der Waals surface area (Å²) < 4.78 is 35.9. The van der Waals surface area contributed by atoms with Crippen LogP contribution in [-0.4, -0.2) is 53.6 Å². The van der Waals surface area contributed by atoms with Gasteiger partial charge in [-0.3, -0.25) is 4.79 Å². The molecule has 1 amide bonds. The molecule has 1 aliphatic carbocycles. The number of aliphatic hydroxyl groups is 1. The fraction of sp³-hybridized carbons (Fsp3) is 0.433. The van der Waals surface area contributed by atoms with E-state index in [4.69, 9.17) is 16.3 Å². The van der Waals surface area contributed by atoms with Crippen LogP contribution in [-0.2, 0) is 11.2 Å². The Labute approximate surface area is 226 Å². The minimum Gasteiger partial charge on any atom is -0.490 e. The van der Waals surface area contributed by atoms with Gasteiger partial charge in [0.1, 0.15) is 11.9 Å². The highest BCUT2D eigenvalue weighted by Crippen LogP contribution is 2.29. The van der Waals surface area contributed by atoms with Crippen molar-refractivity contribution in [3.63, 3.8) is 0 Å². The molecule has 2 aliphatic rings. The number of likely N-dealkylation sites (tertiary alicyclic amines) is 1. The van der Waals surface area contributed by atoms with Crippen molar-refractivity contribution >= 4 is 28.3 Å². The number of nitrogens with one attached hydrogen (secondary N) is 1. The second kappa shape index (κ2) is 11.6. The molecule has 1 heterocycles. The van der Waals surface area contributed by atoms with Crippen molar-refractivity contribution in [3.8, 4) is 5.75 Å². The van der Waals surface area contributed by atoms with Gasteiger partial charge in [-0.2, -0.15) is 8.78 Å². The van der Waals surface area contributed by atoms with Gasteiger partial charge in [-0.25, -0.2) is 0 Å². The molecule has 1 saturated carbocycles. The summed E-state index contributed by atoms with van der Waals surface area (Å²) in [4.78, 5) is 14.9. The van der Waals surface area contributed by atoms with E-state index in [9.17, 15) is 9.90 Å². The number of carbonyl (C=O) groups is 1. The Kier molecular flexibility index (Phi) is 8.17. The zero-order valence-electron chi connectivity index (χ0n) is 21.2. The largest absolute Gasteiger partial charge is 0.490 e. The van der Waals surface area contributed by atoms with Crippen LogP contribution in [0.5, 0.6) is 5.75 Å². The molecule has 38 heavy (non-hydrogen) atoms. The molecule has 1 aliphatic heterocycles. The molecule has 2 N–H and O–H groups in total. The zero-order chi connectivity index (χ0) is 26.7. The van der Waals surface area contributed by atoms with E-state index in [0.29, 0.717) is 22.9 Å². The van der Waals surface area contributed by atoms with Crippen molar-refractivity contribution in [2.75, 3.05) is 19.6 Å². The van der Waals surface area contributed by atoms with E-state index >= 15 is 8.78 Å². The first-order valence-corrected chi connectivity index (χ1v) is 13.7. The van der Waals surface area contributed by atoms with Gasteiger partial charge in [0, 0.05) is 18.0 Å². The Bertz CT molecular complexity index is 1260. The number of carbonyl (C=O) groups excluding carboxylic acids is 1. The first-order valence-electron chi connectivity index (χ1n) is 13.3. The molecule has 2 fully saturated rings. The average Bonchev–Trinajstić information content (AvgIpc) is 3.58. The molecule has 5 nitrogen and oxygen atoms in total. The molecular formula is C30H33ClF2N2O3. The fourth-order valence-electron chi connectivity index (χ4n) is 4.93. The molecular weight excluding hydrogens is 510 g/mol. The monoisotopic (exact) mass is 542 g/mol. The summed E-state index contributed by atoms with van der Waals surface area (Å²) in [5, 5.41) is 16.1. The highest BCUT2D eigenvalue weighted by atomic mass is 35.5. The standard InChI is InChI=1S/C30H33ClF2N2O3/c31-24-8-5-22-17-20(3-4-23(22)18-24)13-14-30(32,33)29(37)34-27(19-35-15-1-2-16-35)28(36)21-6-9-25(10-7-21)38-26-11-12-26/h3-10,17-18,26-28,36H,1-2,11-16,19H2,(H,34,37)/t27-,28-/m1/s1. The Balaban J connectivity index is 1.24. The number of nitrogens with zero attached hydrogens (tertiary/aromatic N) is 1. The van der Waals surface area contributed by atoms with Gasteiger partial charge in [0.25, 0.3) is 5.91 Å².